The number of nitrogens with zero attached hydrogens (tertiary/aromatic N) is 3. The molecule has 1 amide bonds. The van der Waals surface area contributed by atoms with Gasteiger partial charge < -0.3 is 4.90 Å². The van der Waals surface area contributed by atoms with Gasteiger partial charge in [0, 0.05) is 35.6 Å². The van der Waals surface area contributed by atoms with E-state index in [9.17, 15) is 18.0 Å². The Morgan fingerprint density at radius 3 is 2.65 bits per heavy atom. The summed E-state index contributed by atoms with van der Waals surface area (Å²) in [5, 5.41) is 0. The highest BCUT2D eigenvalue weighted by Crippen LogP contribution is 2.26. The first-order valence-electron chi connectivity index (χ1n) is 8.19. The quantitative estimate of drug-likeness (QED) is 0.761. The van der Waals surface area contributed by atoms with Gasteiger partial charge in [0.15, 0.2) is 0 Å². The Hall–Kier alpha value is -2.15. The van der Waals surface area contributed by atoms with Crippen molar-refractivity contribution in [1.82, 2.24) is 14.9 Å². The van der Waals surface area contributed by atoms with E-state index in [0.29, 0.717) is 37.2 Å². The highest BCUT2D eigenvalue weighted by molar-refractivity contribution is 6.27. The van der Waals surface area contributed by atoms with Gasteiger partial charge in [-0.3, -0.25) is 4.79 Å². The minimum Gasteiger partial charge on any atom is -0.334 e. The molecule has 0 bridgehead atoms. The molecule has 1 aromatic heterocycles. The molecule has 0 aliphatic heterocycles. The fourth-order valence-electron chi connectivity index (χ4n) is 3.25. The SMILES string of the molecule is Cc1ncc2c(n1)CCC(N(Cc1c(F)cc(F)cc1F)C(=O)CCl)C2. The molecule has 1 aromatic carbocycles. The maximum Gasteiger partial charge on any atom is 0.238 e. The molecule has 1 heterocycles. The lowest BCUT2D eigenvalue weighted by Gasteiger charge is -2.34. The summed E-state index contributed by atoms with van der Waals surface area (Å²) < 4.78 is 41.2. The summed E-state index contributed by atoms with van der Waals surface area (Å²) in [6, 6.07) is 0.923. The smallest absolute Gasteiger partial charge is 0.238 e. The number of carbonyl (C=O) groups excluding carboxylic acids is 1. The summed E-state index contributed by atoms with van der Waals surface area (Å²) in [6.07, 6.45) is 3.41. The molecule has 8 heteroatoms. The van der Waals surface area contributed by atoms with Crippen molar-refractivity contribution in [3.8, 4) is 0 Å². The highest BCUT2D eigenvalue weighted by atomic mass is 35.5. The number of hydrogen-bond acceptors (Lipinski definition) is 3. The van der Waals surface area contributed by atoms with Gasteiger partial charge in [-0.05, 0) is 31.7 Å². The van der Waals surface area contributed by atoms with Gasteiger partial charge in [-0.15, -0.1) is 11.6 Å². The minimum absolute atomic E-state index is 0.288. The van der Waals surface area contributed by atoms with Crippen LogP contribution in [0.5, 0.6) is 0 Å². The van der Waals surface area contributed by atoms with Gasteiger partial charge in [0.2, 0.25) is 5.91 Å². The fourth-order valence-corrected chi connectivity index (χ4v) is 3.40. The molecule has 1 atom stereocenters. The molecule has 138 valence electrons. The second-order valence-corrected chi connectivity index (χ2v) is 6.56. The first kappa shape index (κ1) is 18.6. The molecule has 4 nitrogen and oxygen atoms in total. The molecule has 0 saturated heterocycles. The van der Waals surface area contributed by atoms with Crippen molar-refractivity contribution in [2.45, 2.75) is 38.8 Å². The fraction of sp³-hybridized carbons (Fsp3) is 0.389. The summed E-state index contributed by atoms with van der Waals surface area (Å²) in [6.45, 7) is 1.49. The first-order valence-corrected chi connectivity index (χ1v) is 8.72. The van der Waals surface area contributed by atoms with E-state index in [2.05, 4.69) is 9.97 Å². The predicted octanol–water partition coefficient (Wildman–Crippen LogP) is 3.33. The molecular weight excluding hydrogens is 367 g/mol. The van der Waals surface area contributed by atoms with Gasteiger partial charge >= 0.3 is 0 Å². The van der Waals surface area contributed by atoms with Gasteiger partial charge in [-0.25, -0.2) is 23.1 Å². The monoisotopic (exact) mass is 383 g/mol. The Labute approximate surface area is 154 Å². The Balaban J connectivity index is 1.88. The molecule has 0 radical (unpaired) electrons. The van der Waals surface area contributed by atoms with Crippen molar-refractivity contribution in [2.75, 3.05) is 5.88 Å². The lowest BCUT2D eigenvalue weighted by molar-refractivity contribution is -0.131. The van der Waals surface area contributed by atoms with Crippen LogP contribution in [0.2, 0.25) is 0 Å². The topological polar surface area (TPSA) is 46.1 Å². The second kappa shape index (κ2) is 7.61. The number of fused-ring (bicyclic) bond motifs is 1. The summed E-state index contributed by atoms with van der Waals surface area (Å²) >= 11 is 5.69. The van der Waals surface area contributed by atoms with Crippen LogP contribution in [0, 0.1) is 24.4 Å². The third kappa shape index (κ3) is 3.82. The van der Waals surface area contributed by atoms with Crippen molar-refractivity contribution in [1.29, 1.82) is 0 Å². The number of hydrogen-bond donors (Lipinski definition) is 0. The van der Waals surface area contributed by atoms with Crippen molar-refractivity contribution < 1.29 is 18.0 Å². The normalized spacial score (nSPS) is 16.3. The molecule has 0 N–H and O–H groups in total. The second-order valence-electron chi connectivity index (χ2n) is 6.29. The zero-order valence-electron chi connectivity index (χ0n) is 14.1. The Morgan fingerprint density at radius 2 is 2.00 bits per heavy atom. The molecule has 1 aliphatic rings. The van der Waals surface area contributed by atoms with Crippen molar-refractivity contribution in [3.05, 3.63) is 58.4 Å². The minimum atomic E-state index is -1.02. The number of aryl methyl sites for hydroxylation is 2. The number of rotatable bonds is 4. The number of aromatic nitrogens is 2. The molecule has 1 unspecified atom stereocenters. The molecule has 3 rings (SSSR count). The summed E-state index contributed by atoms with van der Waals surface area (Å²) in [4.78, 5) is 22.2. The Kier molecular flexibility index (Phi) is 5.46. The number of benzene rings is 1. The van der Waals surface area contributed by atoms with Crippen molar-refractivity contribution in [2.24, 2.45) is 0 Å². The van der Waals surface area contributed by atoms with E-state index in [4.69, 9.17) is 11.6 Å². The zero-order valence-corrected chi connectivity index (χ0v) is 14.9. The average molecular weight is 384 g/mol. The largest absolute Gasteiger partial charge is 0.334 e. The van der Waals surface area contributed by atoms with Crippen LogP contribution in [0.3, 0.4) is 0 Å². The lowest BCUT2D eigenvalue weighted by atomic mass is 9.91. The van der Waals surface area contributed by atoms with E-state index in [1.54, 1.807) is 13.1 Å². The van der Waals surface area contributed by atoms with Crippen LogP contribution in [-0.2, 0) is 24.2 Å². The van der Waals surface area contributed by atoms with Crippen LogP contribution in [0.1, 0.15) is 29.1 Å². The van der Waals surface area contributed by atoms with Crippen LogP contribution >= 0.6 is 11.6 Å². The third-order valence-electron chi connectivity index (χ3n) is 4.55. The number of carbonyl (C=O) groups is 1. The molecule has 0 saturated carbocycles. The van der Waals surface area contributed by atoms with Crippen LogP contribution in [-0.4, -0.2) is 32.7 Å². The van der Waals surface area contributed by atoms with Crippen LogP contribution in [0.25, 0.3) is 0 Å². The molecular formula is C18H17ClF3N3O. The summed E-state index contributed by atoms with van der Waals surface area (Å²) in [5.41, 5.74) is 1.47. The van der Waals surface area contributed by atoms with E-state index in [0.717, 1.165) is 11.3 Å². The number of alkyl halides is 1. The summed E-state index contributed by atoms with van der Waals surface area (Å²) in [5.74, 6) is -3.12. The average Bonchev–Trinajstić information content (AvgIpc) is 2.60. The number of amides is 1. The van der Waals surface area contributed by atoms with Gasteiger partial charge in [-0.2, -0.15) is 0 Å². The van der Waals surface area contributed by atoms with Gasteiger partial charge in [-0.1, -0.05) is 0 Å². The molecule has 0 fully saturated rings. The maximum absolute atomic E-state index is 14.0. The Bertz CT molecular complexity index is 823. The van der Waals surface area contributed by atoms with E-state index >= 15 is 0 Å². The van der Waals surface area contributed by atoms with Crippen molar-refractivity contribution in [3.63, 3.8) is 0 Å². The number of halogens is 4. The third-order valence-corrected chi connectivity index (χ3v) is 4.78. The Morgan fingerprint density at radius 1 is 1.31 bits per heavy atom. The van der Waals surface area contributed by atoms with Crippen LogP contribution < -0.4 is 0 Å². The molecule has 2 aromatic rings. The van der Waals surface area contributed by atoms with E-state index < -0.39 is 23.4 Å². The van der Waals surface area contributed by atoms with Crippen molar-refractivity contribution >= 4 is 17.5 Å². The summed E-state index contributed by atoms with van der Waals surface area (Å²) in [7, 11) is 0. The molecule has 1 aliphatic carbocycles. The standard InChI is InChI=1S/C18H17ClF3N3O/c1-10-23-8-11-4-13(2-3-17(11)24-10)25(18(26)7-19)9-14-15(21)5-12(20)6-16(14)22/h5-6,8,13H,2-4,7,9H2,1H3. The van der Waals surface area contributed by atoms with E-state index in [-0.39, 0.29) is 24.0 Å². The lowest BCUT2D eigenvalue weighted by Crippen LogP contribution is -2.44. The zero-order chi connectivity index (χ0) is 18.8. The van der Waals surface area contributed by atoms with E-state index in [1.807, 2.05) is 0 Å². The van der Waals surface area contributed by atoms with Crippen LogP contribution in [0.15, 0.2) is 18.3 Å². The molecule has 26 heavy (non-hydrogen) atoms. The molecule has 0 spiro atoms. The maximum atomic E-state index is 14.0. The van der Waals surface area contributed by atoms with Crippen LogP contribution in [0.4, 0.5) is 13.2 Å². The highest BCUT2D eigenvalue weighted by Gasteiger charge is 2.30. The van der Waals surface area contributed by atoms with Gasteiger partial charge in [0.25, 0.3) is 0 Å². The predicted molar refractivity (Wildman–Crippen MR) is 90.2 cm³/mol. The van der Waals surface area contributed by atoms with Gasteiger partial charge in [0.1, 0.15) is 29.2 Å². The first-order chi connectivity index (χ1) is 12.4. The van der Waals surface area contributed by atoms with E-state index in [1.165, 1.54) is 4.90 Å². The van der Waals surface area contributed by atoms with Gasteiger partial charge in [0.05, 0.1) is 6.54 Å².